The standard InChI is InChI=1S/C25H36N6O3/c1-4-5-13-19(28-24(34)25(2,3)26)22(32)29-20-16-31(17-27-20)21(18-11-7-6-8-12-18)23(33)30-14-9-10-15-30/h6-8,11-12,16-17,19,21H,4-5,9-10,13-15,26H2,1-3H3,(H,28,34)(H,29,32)/t19-,21?/m1/s1. The Balaban J connectivity index is 1.78. The van der Waals surface area contributed by atoms with Crippen molar-refractivity contribution in [3.05, 3.63) is 48.4 Å². The number of unbranched alkanes of at least 4 members (excludes halogenated alkanes) is 1. The molecule has 1 aliphatic heterocycles. The molecule has 34 heavy (non-hydrogen) atoms. The van der Waals surface area contributed by atoms with Crippen molar-refractivity contribution in [2.24, 2.45) is 5.73 Å². The van der Waals surface area contributed by atoms with Gasteiger partial charge in [-0.1, -0.05) is 50.1 Å². The quantitative estimate of drug-likeness (QED) is 0.494. The van der Waals surface area contributed by atoms with Crippen LogP contribution >= 0.6 is 0 Å². The number of carbonyl (C=O) groups is 3. The second-order valence-corrected chi connectivity index (χ2v) is 9.43. The Kier molecular flexibility index (Phi) is 8.44. The van der Waals surface area contributed by atoms with Crippen molar-refractivity contribution in [1.29, 1.82) is 0 Å². The van der Waals surface area contributed by atoms with Gasteiger partial charge in [0.1, 0.15) is 12.1 Å². The maximum Gasteiger partial charge on any atom is 0.250 e. The van der Waals surface area contributed by atoms with Crippen LogP contribution in [-0.2, 0) is 14.4 Å². The minimum atomic E-state index is -1.09. The van der Waals surface area contributed by atoms with E-state index in [4.69, 9.17) is 5.73 Å². The number of anilines is 1. The predicted octanol–water partition coefficient (Wildman–Crippen LogP) is 2.45. The van der Waals surface area contributed by atoms with Gasteiger partial charge in [0.25, 0.3) is 0 Å². The first-order valence-corrected chi connectivity index (χ1v) is 12.0. The highest BCUT2D eigenvalue weighted by molar-refractivity contribution is 5.97. The zero-order chi connectivity index (χ0) is 24.7. The van der Waals surface area contributed by atoms with Gasteiger partial charge in [0, 0.05) is 19.3 Å². The third-order valence-corrected chi connectivity index (χ3v) is 5.97. The molecule has 0 aliphatic carbocycles. The van der Waals surface area contributed by atoms with Gasteiger partial charge in [-0.3, -0.25) is 14.4 Å². The molecule has 0 bridgehead atoms. The SMILES string of the molecule is CCCC[C@@H](NC(=O)C(C)(C)N)C(=O)Nc1cn(C(C(=O)N2CCCC2)c2ccccc2)cn1. The number of nitrogens with zero attached hydrogens (tertiary/aromatic N) is 3. The first-order valence-electron chi connectivity index (χ1n) is 12.0. The molecule has 3 amide bonds. The van der Waals surface area contributed by atoms with Gasteiger partial charge < -0.3 is 25.8 Å². The van der Waals surface area contributed by atoms with Crippen molar-refractivity contribution >= 4 is 23.5 Å². The van der Waals surface area contributed by atoms with Gasteiger partial charge in [-0.25, -0.2) is 4.98 Å². The van der Waals surface area contributed by atoms with E-state index in [0.717, 1.165) is 44.3 Å². The molecule has 9 nitrogen and oxygen atoms in total. The number of imidazole rings is 1. The Hall–Kier alpha value is -3.20. The number of likely N-dealkylation sites (tertiary alicyclic amines) is 1. The van der Waals surface area contributed by atoms with Crippen molar-refractivity contribution in [3.63, 3.8) is 0 Å². The lowest BCUT2D eigenvalue weighted by molar-refractivity contribution is -0.132. The molecule has 1 saturated heterocycles. The van der Waals surface area contributed by atoms with Crippen LogP contribution in [0.15, 0.2) is 42.9 Å². The topological polar surface area (TPSA) is 122 Å². The average Bonchev–Trinajstić information content (AvgIpc) is 3.49. The lowest BCUT2D eigenvalue weighted by Crippen LogP contribution is -2.54. The summed E-state index contributed by atoms with van der Waals surface area (Å²) in [6.07, 6.45) is 7.38. The fraction of sp³-hybridized carbons (Fsp3) is 0.520. The predicted molar refractivity (Wildman–Crippen MR) is 131 cm³/mol. The van der Waals surface area contributed by atoms with E-state index >= 15 is 0 Å². The molecule has 0 saturated carbocycles. The molecule has 1 aliphatic rings. The van der Waals surface area contributed by atoms with Crippen LogP contribution in [0.2, 0.25) is 0 Å². The molecule has 2 heterocycles. The van der Waals surface area contributed by atoms with Gasteiger partial charge in [-0.15, -0.1) is 0 Å². The Morgan fingerprint density at radius 2 is 1.82 bits per heavy atom. The molecule has 4 N–H and O–H groups in total. The second kappa shape index (κ2) is 11.3. The van der Waals surface area contributed by atoms with Crippen LogP contribution in [0.5, 0.6) is 0 Å². The molecule has 184 valence electrons. The fourth-order valence-corrected chi connectivity index (χ4v) is 3.97. The highest BCUT2D eigenvalue weighted by Gasteiger charge is 2.30. The monoisotopic (exact) mass is 468 g/mol. The molecule has 2 atom stereocenters. The van der Waals surface area contributed by atoms with Crippen molar-refractivity contribution in [1.82, 2.24) is 19.8 Å². The Bertz CT molecular complexity index is 976. The van der Waals surface area contributed by atoms with Gasteiger partial charge in [0.15, 0.2) is 5.82 Å². The first-order chi connectivity index (χ1) is 16.2. The number of hydrogen-bond acceptors (Lipinski definition) is 5. The van der Waals surface area contributed by atoms with E-state index in [1.54, 1.807) is 30.9 Å². The molecular formula is C25H36N6O3. The number of nitrogens with two attached hydrogens (primary N) is 1. The summed E-state index contributed by atoms with van der Waals surface area (Å²) in [6.45, 7) is 6.71. The second-order valence-electron chi connectivity index (χ2n) is 9.43. The van der Waals surface area contributed by atoms with Crippen molar-refractivity contribution in [3.8, 4) is 0 Å². The van der Waals surface area contributed by atoms with E-state index in [1.165, 1.54) is 0 Å². The molecule has 1 aromatic carbocycles. The maximum absolute atomic E-state index is 13.4. The number of rotatable bonds is 10. The third-order valence-electron chi connectivity index (χ3n) is 5.97. The number of carbonyl (C=O) groups excluding carboxylic acids is 3. The van der Waals surface area contributed by atoms with Crippen LogP contribution in [-0.4, -0.2) is 56.8 Å². The van der Waals surface area contributed by atoms with Gasteiger partial charge >= 0.3 is 0 Å². The van der Waals surface area contributed by atoms with Crippen molar-refractivity contribution < 1.29 is 14.4 Å². The number of benzene rings is 1. The van der Waals surface area contributed by atoms with E-state index in [2.05, 4.69) is 15.6 Å². The lowest BCUT2D eigenvalue weighted by Gasteiger charge is -2.24. The molecule has 9 heteroatoms. The molecule has 1 fully saturated rings. The van der Waals surface area contributed by atoms with Crippen LogP contribution in [0.3, 0.4) is 0 Å². The minimum Gasteiger partial charge on any atom is -0.343 e. The van der Waals surface area contributed by atoms with E-state index in [1.807, 2.05) is 42.2 Å². The zero-order valence-corrected chi connectivity index (χ0v) is 20.3. The lowest BCUT2D eigenvalue weighted by atomic mass is 10.0. The average molecular weight is 469 g/mol. The van der Waals surface area contributed by atoms with Gasteiger partial charge in [-0.05, 0) is 38.7 Å². The summed E-state index contributed by atoms with van der Waals surface area (Å²) in [7, 11) is 0. The van der Waals surface area contributed by atoms with Gasteiger partial charge in [0.2, 0.25) is 17.7 Å². The minimum absolute atomic E-state index is 0.0113. The van der Waals surface area contributed by atoms with Crippen LogP contribution in [0.4, 0.5) is 5.82 Å². The number of amides is 3. The van der Waals surface area contributed by atoms with E-state index in [0.29, 0.717) is 12.2 Å². The third kappa shape index (κ3) is 6.44. The Labute approximate surface area is 201 Å². The van der Waals surface area contributed by atoms with Crippen molar-refractivity contribution in [2.45, 2.75) is 70.5 Å². The number of nitrogens with one attached hydrogen (secondary N) is 2. The smallest absolute Gasteiger partial charge is 0.250 e. The molecule has 1 unspecified atom stereocenters. The molecule has 0 radical (unpaired) electrons. The molecular weight excluding hydrogens is 432 g/mol. The maximum atomic E-state index is 13.4. The summed E-state index contributed by atoms with van der Waals surface area (Å²) in [6, 6.07) is 8.26. The largest absolute Gasteiger partial charge is 0.343 e. The number of aromatic nitrogens is 2. The number of hydrogen-bond donors (Lipinski definition) is 3. The summed E-state index contributed by atoms with van der Waals surface area (Å²) in [5.41, 5.74) is 5.65. The van der Waals surface area contributed by atoms with E-state index in [9.17, 15) is 14.4 Å². The van der Waals surface area contributed by atoms with E-state index < -0.39 is 23.5 Å². The van der Waals surface area contributed by atoms with Gasteiger partial charge in [0.05, 0.1) is 11.9 Å². The van der Waals surface area contributed by atoms with E-state index in [-0.39, 0.29) is 11.8 Å². The van der Waals surface area contributed by atoms with Crippen LogP contribution < -0.4 is 16.4 Å². The normalized spacial score (nSPS) is 15.6. The zero-order valence-electron chi connectivity index (χ0n) is 20.3. The summed E-state index contributed by atoms with van der Waals surface area (Å²) < 4.78 is 1.73. The van der Waals surface area contributed by atoms with Crippen LogP contribution in [0, 0.1) is 0 Å². The molecule has 3 rings (SSSR count). The summed E-state index contributed by atoms with van der Waals surface area (Å²) >= 11 is 0. The first kappa shape index (κ1) is 25.4. The molecule has 1 aromatic heterocycles. The summed E-state index contributed by atoms with van der Waals surface area (Å²) in [5.74, 6) is -0.423. The Morgan fingerprint density at radius 3 is 2.44 bits per heavy atom. The van der Waals surface area contributed by atoms with Gasteiger partial charge in [-0.2, -0.15) is 0 Å². The van der Waals surface area contributed by atoms with Crippen molar-refractivity contribution in [2.75, 3.05) is 18.4 Å². The molecule has 0 spiro atoms. The highest BCUT2D eigenvalue weighted by Crippen LogP contribution is 2.24. The van der Waals surface area contributed by atoms with Crippen LogP contribution in [0.25, 0.3) is 0 Å². The Morgan fingerprint density at radius 1 is 1.15 bits per heavy atom. The summed E-state index contributed by atoms with van der Waals surface area (Å²) in [5, 5.41) is 5.54. The highest BCUT2D eigenvalue weighted by atomic mass is 16.2. The fourth-order valence-electron chi connectivity index (χ4n) is 3.97. The molecule has 2 aromatic rings. The van der Waals surface area contributed by atoms with Crippen LogP contribution in [0.1, 0.15) is 64.5 Å². The summed E-state index contributed by atoms with van der Waals surface area (Å²) in [4.78, 5) is 44.9.